The van der Waals surface area contributed by atoms with Gasteiger partial charge in [-0.05, 0) is 43.6 Å². The van der Waals surface area contributed by atoms with E-state index in [-0.39, 0.29) is 24.4 Å². The number of carboxylic acids is 1. The topological polar surface area (TPSA) is 78.4 Å². The maximum absolute atomic E-state index is 11.7. The number of carbonyl (C=O) groups is 2. The highest BCUT2D eigenvalue weighted by atomic mass is 32.2. The zero-order valence-electron chi connectivity index (χ0n) is 12.9. The Hall–Kier alpha value is -0.910. The number of urea groups is 1. The van der Waals surface area contributed by atoms with E-state index >= 15 is 0 Å². The molecule has 0 fully saturated rings. The molecule has 0 aliphatic rings. The molecule has 0 aromatic heterocycles. The smallest absolute Gasteiger partial charge is 0.315 e. The molecule has 0 heterocycles. The number of hydrogen-bond acceptors (Lipinski definition) is 3. The number of carboxylic acid groups (broad SMARTS) is 1. The van der Waals surface area contributed by atoms with Crippen LogP contribution in [0.1, 0.15) is 40.0 Å². The number of aliphatic carboxylic acids is 1. The lowest BCUT2D eigenvalue weighted by Crippen LogP contribution is -2.43. The van der Waals surface area contributed by atoms with Gasteiger partial charge in [-0.15, -0.1) is 0 Å². The predicted molar refractivity (Wildman–Crippen MR) is 84.2 cm³/mol. The Morgan fingerprint density at radius 1 is 1.25 bits per heavy atom. The van der Waals surface area contributed by atoms with Gasteiger partial charge in [-0.3, -0.25) is 4.79 Å². The number of nitrogens with one attached hydrogen (secondary N) is 2. The maximum Gasteiger partial charge on any atom is 0.315 e. The Balaban J connectivity index is 4.06. The Bertz CT molecular complexity index is 298. The summed E-state index contributed by atoms with van der Waals surface area (Å²) in [5.74, 6) is 0.604. The lowest BCUT2D eigenvalue weighted by molar-refractivity contribution is -0.138. The molecule has 0 bridgehead atoms. The predicted octanol–water partition coefficient (Wildman–Crippen LogP) is 2.56. The van der Waals surface area contributed by atoms with Gasteiger partial charge in [0.2, 0.25) is 0 Å². The van der Waals surface area contributed by atoms with Crippen LogP contribution in [0, 0.1) is 11.8 Å². The minimum atomic E-state index is -0.814. The van der Waals surface area contributed by atoms with E-state index in [1.54, 1.807) is 11.8 Å². The molecule has 0 aromatic rings. The van der Waals surface area contributed by atoms with Crippen LogP contribution in [-0.2, 0) is 4.79 Å². The third-order valence-corrected chi connectivity index (χ3v) is 3.60. The molecule has 6 heteroatoms. The van der Waals surface area contributed by atoms with Gasteiger partial charge in [0.1, 0.15) is 0 Å². The second-order valence-corrected chi connectivity index (χ2v) is 6.62. The first-order valence-electron chi connectivity index (χ1n) is 7.10. The van der Waals surface area contributed by atoms with E-state index in [1.807, 2.05) is 13.2 Å². The zero-order valence-corrected chi connectivity index (χ0v) is 13.8. The normalized spacial score (nSPS) is 13.8. The van der Waals surface area contributed by atoms with Crippen LogP contribution >= 0.6 is 11.8 Å². The Kier molecular flexibility index (Phi) is 10.3. The first-order valence-corrected chi connectivity index (χ1v) is 8.49. The summed E-state index contributed by atoms with van der Waals surface area (Å²) in [5, 5.41) is 14.5. The van der Waals surface area contributed by atoms with Crippen molar-refractivity contribution in [2.45, 2.75) is 46.1 Å². The summed E-state index contributed by atoms with van der Waals surface area (Å²) < 4.78 is 0. The quantitative estimate of drug-likeness (QED) is 0.579. The molecule has 0 saturated carbocycles. The third-order valence-electron chi connectivity index (χ3n) is 2.95. The van der Waals surface area contributed by atoms with Gasteiger partial charge in [0.05, 0.1) is 0 Å². The van der Waals surface area contributed by atoms with Gasteiger partial charge in [0.25, 0.3) is 0 Å². The monoisotopic (exact) mass is 304 g/mol. The molecule has 0 aliphatic carbocycles. The van der Waals surface area contributed by atoms with Gasteiger partial charge >= 0.3 is 12.0 Å². The van der Waals surface area contributed by atoms with E-state index in [0.717, 1.165) is 18.6 Å². The van der Waals surface area contributed by atoms with Crippen LogP contribution in [0.3, 0.4) is 0 Å². The van der Waals surface area contributed by atoms with Crippen molar-refractivity contribution < 1.29 is 14.7 Å². The second kappa shape index (κ2) is 10.8. The average Bonchev–Trinajstić information content (AvgIpc) is 2.32. The largest absolute Gasteiger partial charge is 0.481 e. The van der Waals surface area contributed by atoms with E-state index in [0.29, 0.717) is 12.5 Å². The number of amides is 2. The van der Waals surface area contributed by atoms with Gasteiger partial charge in [0.15, 0.2) is 0 Å². The van der Waals surface area contributed by atoms with Crippen LogP contribution in [0.25, 0.3) is 0 Å². The van der Waals surface area contributed by atoms with Crippen LogP contribution in [-0.4, -0.2) is 41.7 Å². The van der Waals surface area contributed by atoms with Crippen molar-refractivity contribution >= 4 is 23.8 Å². The lowest BCUT2D eigenvalue weighted by Gasteiger charge is -2.19. The number of hydrogen-bond donors (Lipinski definition) is 3. The van der Waals surface area contributed by atoms with Crippen LogP contribution < -0.4 is 10.6 Å². The van der Waals surface area contributed by atoms with Crippen molar-refractivity contribution in [3.8, 4) is 0 Å². The molecular formula is C14H28N2O3S. The molecule has 118 valence electrons. The van der Waals surface area contributed by atoms with Crippen LogP contribution in [0.5, 0.6) is 0 Å². The molecule has 0 aliphatic heterocycles. The minimum Gasteiger partial charge on any atom is -0.481 e. The van der Waals surface area contributed by atoms with E-state index in [1.165, 1.54) is 0 Å². The van der Waals surface area contributed by atoms with E-state index in [9.17, 15) is 9.59 Å². The van der Waals surface area contributed by atoms with E-state index < -0.39 is 5.97 Å². The summed E-state index contributed by atoms with van der Waals surface area (Å²) >= 11 is 1.75. The molecular weight excluding hydrogens is 276 g/mol. The highest BCUT2D eigenvalue weighted by Crippen LogP contribution is 2.14. The maximum atomic E-state index is 11.7. The summed E-state index contributed by atoms with van der Waals surface area (Å²) in [5.41, 5.74) is 0. The van der Waals surface area contributed by atoms with Gasteiger partial charge in [-0.1, -0.05) is 13.8 Å². The Morgan fingerprint density at radius 2 is 1.90 bits per heavy atom. The highest BCUT2D eigenvalue weighted by Gasteiger charge is 2.16. The van der Waals surface area contributed by atoms with Crippen molar-refractivity contribution in [1.29, 1.82) is 0 Å². The van der Waals surface area contributed by atoms with E-state index in [4.69, 9.17) is 5.11 Å². The molecule has 3 N–H and O–H groups in total. The van der Waals surface area contributed by atoms with E-state index in [2.05, 4.69) is 24.5 Å². The van der Waals surface area contributed by atoms with Gasteiger partial charge in [0, 0.05) is 19.0 Å². The summed E-state index contributed by atoms with van der Waals surface area (Å²) in [7, 11) is 0. The zero-order chi connectivity index (χ0) is 15.5. The molecule has 2 amide bonds. The standard InChI is InChI=1S/C14H28N2O3S/c1-10(2)7-12(8-13(17)18)9-15-14(19)16-11(3)5-6-20-4/h10-12H,5-9H2,1-4H3,(H,17,18)(H2,15,16,19). The van der Waals surface area contributed by atoms with Crippen molar-refractivity contribution in [2.75, 3.05) is 18.6 Å². The van der Waals surface area contributed by atoms with Crippen LogP contribution in [0.2, 0.25) is 0 Å². The fourth-order valence-corrected chi connectivity index (χ4v) is 2.62. The molecule has 2 unspecified atom stereocenters. The summed E-state index contributed by atoms with van der Waals surface area (Å²) in [6.45, 7) is 6.49. The molecule has 0 radical (unpaired) electrons. The lowest BCUT2D eigenvalue weighted by atomic mass is 9.94. The first-order chi connectivity index (χ1) is 9.35. The number of carbonyl (C=O) groups excluding carboxylic acids is 1. The molecule has 20 heavy (non-hydrogen) atoms. The van der Waals surface area contributed by atoms with Gasteiger partial charge in [-0.25, -0.2) is 4.79 Å². The third kappa shape index (κ3) is 11.0. The fourth-order valence-electron chi connectivity index (χ4n) is 2.03. The minimum absolute atomic E-state index is 0.0141. The summed E-state index contributed by atoms with van der Waals surface area (Å²) in [4.78, 5) is 22.5. The van der Waals surface area contributed by atoms with Gasteiger partial charge < -0.3 is 15.7 Å². The van der Waals surface area contributed by atoms with Crippen molar-refractivity contribution in [3.63, 3.8) is 0 Å². The van der Waals surface area contributed by atoms with Crippen LogP contribution in [0.4, 0.5) is 4.79 Å². The summed E-state index contributed by atoms with van der Waals surface area (Å²) in [6, 6.07) is -0.0804. The molecule has 0 spiro atoms. The fraction of sp³-hybridized carbons (Fsp3) is 0.857. The van der Waals surface area contributed by atoms with Crippen molar-refractivity contribution in [3.05, 3.63) is 0 Å². The molecule has 0 rings (SSSR count). The van der Waals surface area contributed by atoms with Crippen LogP contribution in [0.15, 0.2) is 0 Å². The van der Waals surface area contributed by atoms with Gasteiger partial charge in [-0.2, -0.15) is 11.8 Å². The van der Waals surface area contributed by atoms with Crippen molar-refractivity contribution in [2.24, 2.45) is 11.8 Å². The average molecular weight is 304 g/mol. The highest BCUT2D eigenvalue weighted by molar-refractivity contribution is 7.98. The molecule has 0 saturated heterocycles. The SMILES string of the molecule is CSCCC(C)NC(=O)NCC(CC(=O)O)CC(C)C. The first kappa shape index (κ1) is 19.1. The van der Waals surface area contributed by atoms with Crippen molar-refractivity contribution in [1.82, 2.24) is 10.6 Å². The molecule has 2 atom stereocenters. The molecule has 5 nitrogen and oxygen atoms in total. The number of thioether (sulfide) groups is 1. The Morgan fingerprint density at radius 3 is 2.40 bits per heavy atom. The second-order valence-electron chi connectivity index (χ2n) is 5.63. The molecule has 0 aromatic carbocycles. The number of rotatable bonds is 10. The Labute approximate surface area is 126 Å². The summed E-state index contributed by atoms with van der Waals surface area (Å²) in [6.07, 6.45) is 3.86.